The van der Waals surface area contributed by atoms with Crippen molar-refractivity contribution < 1.29 is 18.8 Å². The van der Waals surface area contributed by atoms with Crippen molar-refractivity contribution in [3.05, 3.63) is 84.7 Å². The number of nitrogens with zero attached hydrogens (tertiary/aromatic N) is 5. The molecule has 9 heteroatoms. The highest BCUT2D eigenvalue weighted by molar-refractivity contribution is 6.10. The Morgan fingerprint density at radius 2 is 1.67 bits per heavy atom. The van der Waals surface area contributed by atoms with E-state index in [9.17, 15) is 18.8 Å². The third-order valence-electron chi connectivity index (χ3n) is 7.15. The summed E-state index contributed by atoms with van der Waals surface area (Å²) in [5.74, 6) is -1.07. The first kappa shape index (κ1) is 23.7. The molecule has 2 aliphatic rings. The van der Waals surface area contributed by atoms with Gasteiger partial charge in [-0.25, -0.2) is 9.37 Å². The zero-order chi connectivity index (χ0) is 25.1. The topological polar surface area (TPSA) is 78.8 Å². The molecular weight excluding hydrogens is 461 g/mol. The second-order valence-electron chi connectivity index (χ2n) is 9.27. The summed E-state index contributed by atoms with van der Waals surface area (Å²) in [6.45, 7) is 2.49. The number of anilines is 1. The number of aromatic nitrogens is 2. The fourth-order valence-corrected chi connectivity index (χ4v) is 5.16. The summed E-state index contributed by atoms with van der Waals surface area (Å²) < 4.78 is 16.0. The van der Waals surface area contributed by atoms with Crippen LogP contribution in [0, 0.1) is 5.82 Å². The number of benzene rings is 2. The van der Waals surface area contributed by atoms with Gasteiger partial charge in [0.25, 0.3) is 0 Å². The van der Waals surface area contributed by atoms with E-state index in [1.54, 1.807) is 41.8 Å². The standard InChI is InChI=1S/C27H28FN5O3/c28-22-8-4-5-9-23(22)31-13-15-32(16-14-31)24(34)18-27(21-6-2-1-3-7-21)19-25(35)33(26(27)36)17-12-30-11-10-29-20-30/h1-11,20H,12-19H2/t27-/m0/s1. The Kier molecular flexibility index (Phi) is 6.54. The van der Waals surface area contributed by atoms with Crippen LogP contribution in [0.2, 0.25) is 0 Å². The first-order valence-corrected chi connectivity index (χ1v) is 12.1. The lowest BCUT2D eigenvalue weighted by Crippen LogP contribution is -2.51. The lowest BCUT2D eigenvalue weighted by atomic mass is 9.75. The lowest BCUT2D eigenvalue weighted by Gasteiger charge is -2.37. The van der Waals surface area contributed by atoms with Crippen LogP contribution in [0.25, 0.3) is 0 Å². The van der Waals surface area contributed by atoms with Crippen LogP contribution in [0.15, 0.2) is 73.3 Å². The Morgan fingerprint density at radius 3 is 2.36 bits per heavy atom. The van der Waals surface area contributed by atoms with Crippen molar-refractivity contribution in [3.63, 3.8) is 0 Å². The number of hydrogen-bond acceptors (Lipinski definition) is 5. The van der Waals surface area contributed by atoms with Gasteiger partial charge in [0, 0.05) is 64.5 Å². The molecule has 0 bridgehead atoms. The molecule has 2 saturated heterocycles. The number of imide groups is 1. The van der Waals surface area contributed by atoms with Gasteiger partial charge in [0.1, 0.15) is 5.82 Å². The van der Waals surface area contributed by atoms with E-state index in [2.05, 4.69) is 4.98 Å². The monoisotopic (exact) mass is 489 g/mol. The number of carbonyl (C=O) groups is 3. The molecule has 0 spiro atoms. The molecule has 0 unspecified atom stereocenters. The van der Waals surface area contributed by atoms with Crippen LogP contribution in [-0.2, 0) is 26.3 Å². The van der Waals surface area contributed by atoms with Gasteiger partial charge in [-0.2, -0.15) is 0 Å². The highest BCUT2D eigenvalue weighted by Crippen LogP contribution is 2.40. The number of rotatable bonds is 7. The molecule has 5 rings (SSSR count). The van der Waals surface area contributed by atoms with E-state index in [1.165, 1.54) is 11.0 Å². The van der Waals surface area contributed by atoms with Gasteiger partial charge in [-0.3, -0.25) is 19.3 Å². The molecule has 0 saturated carbocycles. The molecule has 0 N–H and O–H groups in total. The number of halogens is 1. The van der Waals surface area contributed by atoms with Gasteiger partial charge in [0.2, 0.25) is 17.7 Å². The number of carbonyl (C=O) groups excluding carboxylic acids is 3. The number of piperazine rings is 1. The molecule has 186 valence electrons. The number of imidazole rings is 1. The first-order valence-electron chi connectivity index (χ1n) is 12.1. The highest BCUT2D eigenvalue weighted by atomic mass is 19.1. The second-order valence-corrected chi connectivity index (χ2v) is 9.27. The molecule has 1 atom stereocenters. The first-order chi connectivity index (χ1) is 17.5. The van der Waals surface area contributed by atoms with Crippen molar-refractivity contribution >= 4 is 23.4 Å². The van der Waals surface area contributed by atoms with Crippen molar-refractivity contribution in [2.75, 3.05) is 37.6 Å². The molecule has 3 aromatic rings. The molecule has 2 aliphatic heterocycles. The maximum atomic E-state index is 14.2. The molecule has 8 nitrogen and oxygen atoms in total. The SMILES string of the molecule is O=C(C[C@@]1(c2ccccc2)CC(=O)N(CCn2ccnc2)C1=O)N1CCN(c2ccccc2F)CC1. The van der Waals surface area contributed by atoms with E-state index in [1.807, 2.05) is 39.8 Å². The van der Waals surface area contributed by atoms with Crippen molar-refractivity contribution in [2.45, 2.75) is 24.8 Å². The normalized spacial score (nSPS) is 20.3. The quantitative estimate of drug-likeness (QED) is 0.477. The van der Waals surface area contributed by atoms with E-state index in [0.717, 1.165) is 0 Å². The maximum Gasteiger partial charge on any atom is 0.240 e. The Hall–Kier alpha value is -4.01. The van der Waals surface area contributed by atoms with Gasteiger partial charge in [-0.1, -0.05) is 42.5 Å². The summed E-state index contributed by atoms with van der Waals surface area (Å²) in [5.41, 5.74) is -0.0326. The maximum absolute atomic E-state index is 14.2. The van der Waals surface area contributed by atoms with Crippen LogP contribution < -0.4 is 4.90 Å². The molecule has 3 heterocycles. The lowest BCUT2D eigenvalue weighted by molar-refractivity contribution is -0.142. The third kappa shape index (κ3) is 4.48. The second kappa shape index (κ2) is 9.93. The van der Waals surface area contributed by atoms with Gasteiger partial charge in [-0.15, -0.1) is 0 Å². The van der Waals surface area contributed by atoms with Crippen LogP contribution in [0.5, 0.6) is 0 Å². The van der Waals surface area contributed by atoms with Crippen molar-refractivity contribution in [2.24, 2.45) is 0 Å². The Labute approximate surface area is 208 Å². The van der Waals surface area contributed by atoms with Gasteiger partial charge in [0.05, 0.1) is 17.4 Å². The zero-order valence-electron chi connectivity index (χ0n) is 19.9. The summed E-state index contributed by atoms with van der Waals surface area (Å²) >= 11 is 0. The fourth-order valence-electron chi connectivity index (χ4n) is 5.16. The minimum absolute atomic E-state index is 0.0410. The van der Waals surface area contributed by atoms with Gasteiger partial charge >= 0.3 is 0 Å². The van der Waals surface area contributed by atoms with Crippen molar-refractivity contribution in [1.29, 1.82) is 0 Å². The van der Waals surface area contributed by atoms with E-state index in [-0.39, 0.29) is 42.9 Å². The van der Waals surface area contributed by atoms with Crippen LogP contribution in [0.3, 0.4) is 0 Å². The third-order valence-corrected chi connectivity index (χ3v) is 7.15. The number of amides is 3. The van der Waals surface area contributed by atoms with Crippen LogP contribution in [-0.4, -0.2) is 69.8 Å². The average molecular weight is 490 g/mol. The summed E-state index contributed by atoms with van der Waals surface area (Å²) in [4.78, 5) is 49.2. The van der Waals surface area contributed by atoms with Crippen molar-refractivity contribution in [1.82, 2.24) is 19.4 Å². The molecule has 0 radical (unpaired) electrons. The number of hydrogen-bond donors (Lipinski definition) is 0. The summed E-state index contributed by atoms with van der Waals surface area (Å²) in [6.07, 6.45) is 4.94. The van der Waals surface area contributed by atoms with E-state index < -0.39 is 5.41 Å². The smallest absolute Gasteiger partial charge is 0.240 e. The fraction of sp³-hybridized carbons (Fsp3) is 0.333. The Balaban J connectivity index is 1.32. The highest BCUT2D eigenvalue weighted by Gasteiger charge is 2.54. The molecule has 2 fully saturated rings. The molecule has 0 aliphatic carbocycles. The van der Waals surface area contributed by atoms with Crippen LogP contribution in [0.1, 0.15) is 18.4 Å². The van der Waals surface area contributed by atoms with E-state index in [0.29, 0.717) is 44.0 Å². The zero-order valence-corrected chi connectivity index (χ0v) is 19.9. The van der Waals surface area contributed by atoms with Crippen LogP contribution in [0.4, 0.5) is 10.1 Å². The van der Waals surface area contributed by atoms with E-state index >= 15 is 0 Å². The van der Waals surface area contributed by atoms with Gasteiger partial charge in [-0.05, 0) is 17.7 Å². The van der Waals surface area contributed by atoms with Crippen molar-refractivity contribution in [3.8, 4) is 0 Å². The number of likely N-dealkylation sites (tertiary alicyclic amines) is 1. The van der Waals surface area contributed by atoms with Crippen LogP contribution >= 0.6 is 0 Å². The average Bonchev–Trinajstić information content (AvgIpc) is 3.50. The molecule has 2 aromatic carbocycles. The molecule has 3 amide bonds. The molecule has 1 aromatic heterocycles. The summed E-state index contributed by atoms with van der Waals surface area (Å²) in [6, 6.07) is 15.7. The van der Waals surface area contributed by atoms with E-state index in [4.69, 9.17) is 0 Å². The summed E-state index contributed by atoms with van der Waals surface area (Å²) in [5, 5.41) is 0. The summed E-state index contributed by atoms with van der Waals surface area (Å²) in [7, 11) is 0. The minimum Gasteiger partial charge on any atom is -0.366 e. The van der Waals surface area contributed by atoms with Gasteiger partial charge < -0.3 is 14.4 Å². The molecule has 36 heavy (non-hydrogen) atoms. The largest absolute Gasteiger partial charge is 0.366 e. The Morgan fingerprint density at radius 1 is 0.944 bits per heavy atom. The van der Waals surface area contributed by atoms with Gasteiger partial charge in [0.15, 0.2) is 0 Å². The molecular formula is C27H28FN5O3. The number of para-hydroxylation sites is 1. The predicted octanol–water partition coefficient (Wildman–Crippen LogP) is 2.46. The predicted molar refractivity (Wildman–Crippen MR) is 131 cm³/mol. The minimum atomic E-state index is -1.23. The Bertz CT molecular complexity index is 1240.